The number of likely N-dealkylation sites (tertiary alicyclic amines) is 1. The van der Waals surface area contributed by atoms with Crippen LogP contribution in [-0.4, -0.2) is 57.3 Å². The number of imidazole rings is 1. The molecule has 5 rings (SSSR count). The molecular weight excluding hydrogens is 485 g/mol. The van der Waals surface area contributed by atoms with Crippen LogP contribution in [0.1, 0.15) is 49.0 Å². The van der Waals surface area contributed by atoms with Crippen molar-refractivity contribution >= 4 is 38.6 Å². The van der Waals surface area contributed by atoms with E-state index in [2.05, 4.69) is 4.98 Å². The Kier molecular flexibility index (Phi) is 5.86. The Morgan fingerprint density at radius 3 is 2.67 bits per heavy atom. The number of hydrogen-bond donors (Lipinski definition) is 1. The molecule has 1 saturated heterocycles. The van der Waals surface area contributed by atoms with Crippen molar-refractivity contribution in [2.75, 3.05) is 20.2 Å². The zero-order valence-electron chi connectivity index (χ0n) is 20.4. The maximum absolute atomic E-state index is 15.2. The number of carboxylic acids is 1. The summed E-state index contributed by atoms with van der Waals surface area (Å²) in [7, 11) is 1.42. The summed E-state index contributed by atoms with van der Waals surface area (Å²) < 4.78 is 28.5. The van der Waals surface area contributed by atoms with E-state index >= 15 is 4.39 Å². The Hall–Kier alpha value is -3.66. The molecule has 1 N–H and O–H groups in total. The third-order valence-electron chi connectivity index (χ3n) is 6.23. The van der Waals surface area contributed by atoms with E-state index in [9.17, 15) is 14.7 Å². The van der Waals surface area contributed by atoms with Gasteiger partial charge in [0.15, 0.2) is 4.96 Å². The molecule has 3 heterocycles. The summed E-state index contributed by atoms with van der Waals surface area (Å²) >= 11 is 1.33. The second-order valence-corrected chi connectivity index (χ2v) is 10.9. The number of benzene rings is 2. The first-order valence-corrected chi connectivity index (χ1v) is 12.4. The van der Waals surface area contributed by atoms with Crippen molar-refractivity contribution in [3.63, 3.8) is 0 Å². The highest BCUT2D eigenvalue weighted by atomic mass is 32.1. The molecule has 188 valence electrons. The molecule has 10 heteroatoms. The molecule has 4 aromatic rings. The molecule has 0 radical (unpaired) electrons. The number of rotatable bonds is 4. The summed E-state index contributed by atoms with van der Waals surface area (Å²) in [6.07, 6.45) is 2.13. The van der Waals surface area contributed by atoms with Gasteiger partial charge in [-0.3, -0.25) is 4.40 Å². The van der Waals surface area contributed by atoms with E-state index in [1.54, 1.807) is 29.3 Å². The Morgan fingerprint density at radius 1 is 1.22 bits per heavy atom. The lowest BCUT2D eigenvalue weighted by molar-refractivity contribution is 0.0292. The van der Waals surface area contributed by atoms with Crippen LogP contribution < -0.4 is 4.74 Å². The summed E-state index contributed by atoms with van der Waals surface area (Å²) in [5.74, 6) is -1.17. The maximum atomic E-state index is 15.2. The minimum Gasteiger partial charge on any atom is -0.496 e. The molecule has 1 aliphatic rings. The lowest BCUT2D eigenvalue weighted by Gasteiger charge is -2.24. The number of carbonyl (C=O) groups is 2. The van der Waals surface area contributed by atoms with Gasteiger partial charge in [0.05, 0.1) is 23.0 Å². The van der Waals surface area contributed by atoms with Crippen LogP contribution in [0.4, 0.5) is 9.18 Å². The smallest absolute Gasteiger partial charge is 0.410 e. The van der Waals surface area contributed by atoms with Gasteiger partial charge in [-0.05, 0) is 51.0 Å². The van der Waals surface area contributed by atoms with Gasteiger partial charge >= 0.3 is 12.1 Å². The van der Waals surface area contributed by atoms with Gasteiger partial charge in [0.1, 0.15) is 22.7 Å². The fraction of sp³-hybridized carbons (Fsp3) is 0.346. The summed E-state index contributed by atoms with van der Waals surface area (Å²) in [6, 6.07) is 8.34. The van der Waals surface area contributed by atoms with Crippen molar-refractivity contribution in [3.05, 3.63) is 53.5 Å². The lowest BCUT2D eigenvalue weighted by Crippen LogP contribution is -2.35. The summed E-state index contributed by atoms with van der Waals surface area (Å²) in [6.45, 7) is 6.55. The minimum absolute atomic E-state index is 0.0337. The molecule has 1 atom stereocenters. The first-order chi connectivity index (χ1) is 17.0. The standard InChI is InChI=1S/C26H26FN3O5S/c1-26(2,3)35-25(33)29-8-7-15(12-29)14-5-6-16(18(27)9-14)19-13-30-20-11-21(34-4)17(23(31)32)10-22(20)36-24(30)28-19/h5-6,9-11,13,15H,7-8,12H2,1-4H3,(H,31,32). The molecule has 2 aromatic carbocycles. The molecule has 8 nitrogen and oxygen atoms in total. The van der Waals surface area contributed by atoms with E-state index in [0.29, 0.717) is 29.3 Å². The Balaban J connectivity index is 1.40. The third-order valence-corrected chi connectivity index (χ3v) is 7.24. The number of nitrogens with zero attached hydrogens (tertiary/aromatic N) is 3. The van der Waals surface area contributed by atoms with E-state index in [0.717, 1.165) is 22.2 Å². The highest BCUT2D eigenvalue weighted by molar-refractivity contribution is 7.23. The fourth-order valence-corrected chi connectivity index (χ4v) is 5.54. The number of fused-ring (bicyclic) bond motifs is 3. The number of ether oxygens (including phenoxy) is 2. The molecule has 1 fully saturated rings. The largest absolute Gasteiger partial charge is 0.496 e. The van der Waals surface area contributed by atoms with Crippen molar-refractivity contribution in [2.45, 2.75) is 38.7 Å². The van der Waals surface area contributed by atoms with Crippen LogP contribution in [0.3, 0.4) is 0 Å². The Labute approximate surface area is 210 Å². The molecule has 0 spiro atoms. The van der Waals surface area contributed by atoms with Gasteiger partial charge in [0.2, 0.25) is 0 Å². The van der Waals surface area contributed by atoms with Crippen LogP contribution in [-0.2, 0) is 4.74 Å². The monoisotopic (exact) mass is 511 g/mol. The van der Waals surface area contributed by atoms with E-state index in [4.69, 9.17) is 9.47 Å². The van der Waals surface area contributed by atoms with Gasteiger partial charge in [-0.2, -0.15) is 0 Å². The third kappa shape index (κ3) is 4.37. The zero-order chi connectivity index (χ0) is 25.8. The number of carbonyl (C=O) groups excluding carboxylic acids is 1. The van der Waals surface area contributed by atoms with E-state index in [1.165, 1.54) is 24.5 Å². The second kappa shape index (κ2) is 8.77. The first kappa shape index (κ1) is 24.1. The molecule has 0 bridgehead atoms. The average Bonchev–Trinajstić information content (AvgIpc) is 3.51. The molecule has 1 aliphatic heterocycles. The summed E-state index contributed by atoms with van der Waals surface area (Å²) in [5, 5.41) is 9.43. The van der Waals surface area contributed by atoms with Crippen molar-refractivity contribution in [1.29, 1.82) is 0 Å². The van der Waals surface area contributed by atoms with Gasteiger partial charge in [-0.25, -0.2) is 19.0 Å². The molecule has 0 aliphatic carbocycles. The average molecular weight is 512 g/mol. The number of aromatic carboxylic acids is 1. The summed E-state index contributed by atoms with van der Waals surface area (Å²) in [4.78, 5) is 30.8. The number of aromatic nitrogens is 2. The predicted octanol–water partition coefficient (Wildman–Crippen LogP) is 5.79. The van der Waals surface area contributed by atoms with E-state index < -0.39 is 11.6 Å². The quantitative estimate of drug-likeness (QED) is 0.373. The Bertz CT molecular complexity index is 1500. The predicted molar refractivity (Wildman–Crippen MR) is 135 cm³/mol. The molecule has 2 aromatic heterocycles. The molecular formula is C26H26FN3O5S. The van der Waals surface area contributed by atoms with E-state index in [1.807, 2.05) is 31.2 Å². The number of thiazole rings is 1. The van der Waals surface area contributed by atoms with Gasteiger partial charge < -0.3 is 19.5 Å². The zero-order valence-corrected chi connectivity index (χ0v) is 21.2. The first-order valence-electron chi connectivity index (χ1n) is 11.5. The van der Waals surface area contributed by atoms with Crippen LogP contribution in [0.25, 0.3) is 26.4 Å². The van der Waals surface area contributed by atoms with Crippen LogP contribution >= 0.6 is 11.3 Å². The van der Waals surface area contributed by atoms with Gasteiger partial charge in [-0.1, -0.05) is 17.4 Å². The van der Waals surface area contributed by atoms with Crippen LogP contribution in [0.2, 0.25) is 0 Å². The minimum atomic E-state index is -1.07. The van der Waals surface area contributed by atoms with Crippen molar-refractivity contribution in [3.8, 4) is 17.0 Å². The number of hydrogen-bond acceptors (Lipinski definition) is 6. The Morgan fingerprint density at radius 2 is 2.00 bits per heavy atom. The maximum Gasteiger partial charge on any atom is 0.410 e. The van der Waals surface area contributed by atoms with Crippen LogP contribution in [0.5, 0.6) is 5.75 Å². The van der Waals surface area contributed by atoms with Crippen molar-refractivity contribution < 1.29 is 28.6 Å². The van der Waals surface area contributed by atoms with Crippen LogP contribution in [0, 0.1) is 5.82 Å². The topological polar surface area (TPSA) is 93.4 Å². The van der Waals surface area contributed by atoms with Crippen molar-refractivity contribution in [1.82, 2.24) is 14.3 Å². The van der Waals surface area contributed by atoms with Gasteiger partial charge in [-0.15, -0.1) is 0 Å². The normalized spacial score (nSPS) is 16.1. The lowest BCUT2D eigenvalue weighted by atomic mass is 9.96. The fourth-order valence-electron chi connectivity index (χ4n) is 4.51. The number of amides is 1. The number of carboxylic acid groups (broad SMARTS) is 1. The number of halogens is 1. The highest BCUT2D eigenvalue weighted by Gasteiger charge is 2.31. The molecule has 1 unspecified atom stereocenters. The molecule has 36 heavy (non-hydrogen) atoms. The second-order valence-electron chi connectivity index (χ2n) is 9.86. The molecule has 1 amide bonds. The highest BCUT2D eigenvalue weighted by Crippen LogP contribution is 2.36. The summed E-state index contributed by atoms with van der Waals surface area (Å²) in [5.41, 5.74) is 1.94. The SMILES string of the molecule is COc1cc2c(cc1C(=O)O)sc1nc(-c3ccc(C4CCN(C(=O)OC(C)(C)C)C4)cc3F)cn12. The van der Waals surface area contributed by atoms with Gasteiger partial charge in [0, 0.05) is 36.8 Å². The van der Waals surface area contributed by atoms with E-state index in [-0.39, 0.29) is 29.1 Å². The molecule has 0 saturated carbocycles. The van der Waals surface area contributed by atoms with Crippen molar-refractivity contribution in [2.24, 2.45) is 0 Å². The van der Waals surface area contributed by atoms with Gasteiger partial charge in [0.25, 0.3) is 0 Å². The number of methoxy groups -OCH3 is 1. The van der Waals surface area contributed by atoms with Crippen LogP contribution in [0.15, 0.2) is 36.5 Å².